The Hall–Kier alpha value is -3.15. The molecule has 1 aliphatic rings. The second-order valence-corrected chi connectivity index (χ2v) is 6.66. The molecule has 0 fully saturated rings. The van der Waals surface area contributed by atoms with E-state index >= 15 is 0 Å². The number of amides is 1. The van der Waals surface area contributed by atoms with Crippen molar-refractivity contribution in [1.29, 1.82) is 0 Å². The summed E-state index contributed by atoms with van der Waals surface area (Å²) >= 11 is 0. The molecule has 0 saturated carbocycles. The van der Waals surface area contributed by atoms with Crippen LogP contribution in [0.25, 0.3) is 10.9 Å². The summed E-state index contributed by atoms with van der Waals surface area (Å²) in [6.45, 7) is 1.39. The van der Waals surface area contributed by atoms with Crippen LogP contribution in [0, 0.1) is 5.82 Å². The predicted molar refractivity (Wildman–Crippen MR) is 98.6 cm³/mol. The van der Waals surface area contributed by atoms with E-state index < -0.39 is 23.9 Å². The van der Waals surface area contributed by atoms with E-state index in [0.29, 0.717) is 12.0 Å². The molecule has 138 valence electrons. The Morgan fingerprint density at radius 1 is 1.15 bits per heavy atom. The number of nitrogens with one attached hydrogen (secondary N) is 1. The van der Waals surface area contributed by atoms with Crippen molar-refractivity contribution in [2.75, 3.05) is 7.11 Å². The maximum absolute atomic E-state index is 14.7. The smallest absolute Gasteiger partial charge is 0.328 e. The average molecular weight is 366 g/mol. The Kier molecular flexibility index (Phi) is 4.18. The second kappa shape index (κ2) is 6.54. The van der Waals surface area contributed by atoms with Gasteiger partial charge in [-0.1, -0.05) is 36.4 Å². The molecule has 0 spiro atoms. The number of para-hydroxylation sites is 1. The van der Waals surface area contributed by atoms with Crippen molar-refractivity contribution in [3.05, 3.63) is 71.2 Å². The Bertz CT molecular complexity index is 1040. The summed E-state index contributed by atoms with van der Waals surface area (Å²) in [6, 6.07) is 12.5. The molecule has 6 heteroatoms. The molecule has 5 nitrogen and oxygen atoms in total. The molecular weight excluding hydrogens is 347 g/mol. The van der Waals surface area contributed by atoms with Gasteiger partial charge in [0.25, 0.3) is 0 Å². The lowest BCUT2D eigenvalue weighted by molar-refractivity contribution is -0.154. The number of H-pyrrole nitrogens is 1. The van der Waals surface area contributed by atoms with E-state index in [-0.39, 0.29) is 5.91 Å². The van der Waals surface area contributed by atoms with Crippen molar-refractivity contribution in [2.45, 2.75) is 25.4 Å². The number of halogens is 1. The zero-order valence-electron chi connectivity index (χ0n) is 15.0. The van der Waals surface area contributed by atoms with Crippen LogP contribution in [0.15, 0.2) is 48.5 Å². The Labute approximate surface area is 155 Å². The summed E-state index contributed by atoms with van der Waals surface area (Å²) in [4.78, 5) is 29.8. The van der Waals surface area contributed by atoms with Crippen LogP contribution in [-0.4, -0.2) is 34.9 Å². The van der Waals surface area contributed by atoms with Crippen molar-refractivity contribution in [3.63, 3.8) is 0 Å². The molecule has 2 aromatic carbocycles. The first-order valence-corrected chi connectivity index (χ1v) is 8.73. The number of methoxy groups -OCH3 is 1. The van der Waals surface area contributed by atoms with Gasteiger partial charge in [-0.25, -0.2) is 9.18 Å². The molecular formula is C21H19FN2O3. The van der Waals surface area contributed by atoms with Crippen LogP contribution in [0.3, 0.4) is 0 Å². The molecule has 0 unspecified atom stereocenters. The average Bonchev–Trinajstić information content (AvgIpc) is 3.05. The van der Waals surface area contributed by atoms with Crippen molar-refractivity contribution in [2.24, 2.45) is 0 Å². The third-order valence-electron chi connectivity index (χ3n) is 5.17. The SMILES string of the molecule is COC(=O)[C@@H]1Cc2c([nH]c3ccccc23)[C@H](c2ccccc2F)N1C(C)=O. The van der Waals surface area contributed by atoms with Gasteiger partial charge in [0.2, 0.25) is 5.91 Å². The number of hydrogen-bond acceptors (Lipinski definition) is 3. The maximum atomic E-state index is 14.7. The van der Waals surface area contributed by atoms with Gasteiger partial charge in [-0.15, -0.1) is 0 Å². The zero-order chi connectivity index (χ0) is 19.1. The van der Waals surface area contributed by atoms with Crippen LogP contribution in [0.1, 0.15) is 29.8 Å². The lowest BCUT2D eigenvalue weighted by atomic mass is 9.87. The van der Waals surface area contributed by atoms with Crippen molar-refractivity contribution in [3.8, 4) is 0 Å². The van der Waals surface area contributed by atoms with Gasteiger partial charge in [0.1, 0.15) is 17.9 Å². The van der Waals surface area contributed by atoms with Gasteiger partial charge in [0.15, 0.2) is 0 Å². The largest absolute Gasteiger partial charge is 0.467 e. The molecule has 0 radical (unpaired) electrons. The number of aromatic amines is 1. The number of nitrogens with zero attached hydrogens (tertiary/aromatic N) is 1. The lowest BCUT2D eigenvalue weighted by Crippen LogP contribution is -2.51. The highest BCUT2D eigenvalue weighted by molar-refractivity contribution is 5.90. The number of fused-ring (bicyclic) bond motifs is 3. The van der Waals surface area contributed by atoms with E-state index in [1.807, 2.05) is 24.3 Å². The minimum absolute atomic E-state index is 0.316. The van der Waals surface area contributed by atoms with E-state index in [4.69, 9.17) is 4.74 Å². The fourth-order valence-electron chi connectivity index (χ4n) is 4.02. The molecule has 1 aliphatic heterocycles. The quantitative estimate of drug-likeness (QED) is 0.708. The number of ether oxygens (including phenoxy) is 1. The van der Waals surface area contributed by atoms with E-state index in [1.165, 1.54) is 25.0 Å². The summed E-state index contributed by atoms with van der Waals surface area (Å²) in [6.07, 6.45) is 0.316. The molecule has 27 heavy (non-hydrogen) atoms. The normalized spacial score (nSPS) is 19.0. The fraction of sp³-hybridized carbons (Fsp3) is 0.238. The molecule has 0 aliphatic carbocycles. The Balaban J connectivity index is 2.01. The third-order valence-corrected chi connectivity index (χ3v) is 5.17. The van der Waals surface area contributed by atoms with Crippen molar-refractivity contribution >= 4 is 22.8 Å². The highest BCUT2D eigenvalue weighted by atomic mass is 19.1. The fourth-order valence-corrected chi connectivity index (χ4v) is 4.02. The zero-order valence-corrected chi connectivity index (χ0v) is 15.0. The van der Waals surface area contributed by atoms with Gasteiger partial charge in [0, 0.05) is 35.5 Å². The molecule has 3 aromatic rings. The molecule has 1 N–H and O–H groups in total. The van der Waals surface area contributed by atoms with Crippen LogP contribution in [0.5, 0.6) is 0 Å². The molecule has 4 rings (SSSR count). The van der Waals surface area contributed by atoms with Crippen LogP contribution >= 0.6 is 0 Å². The van der Waals surface area contributed by atoms with Gasteiger partial charge in [0.05, 0.1) is 7.11 Å². The topological polar surface area (TPSA) is 62.4 Å². The number of benzene rings is 2. The number of carbonyl (C=O) groups is 2. The molecule has 0 saturated heterocycles. The van der Waals surface area contributed by atoms with Crippen molar-refractivity contribution in [1.82, 2.24) is 9.88 Å². The summed E-state index contributed by atoms with van der Waals surface area (Å²) in [5.74, 6) is -1.26. The monoisotopic (exact) mass is 366 g/mol. The van der Waals surface area contributed by atoms with Gasteiger partial charge in [-0.05, 0) is 17.7 Å². The number of hydrogen-bond donors (Lipinski definition) is 1. The first-order chi connectivity index (χ1) is 13.0. The molecule has 0 bridgehead atoms. The van der Waals surface area contributed by atoms with Crippen LogP contribution in [0.4, 0.5) is 4.39 Å². The van der Waals surface area contributed by atoms with Gasteiger partial charge in [-0.3, -0.25) is 4.79 Å². The first kappa shape index (κ1) is 17.3. The number of rotatable bonds is 2. The molecule has 1 amide bonds. The van der Waals surface area contributed by atoms with Crippen LogP contribution in [-0.2, 0) is 20.7 Å². The minimum Gasteiger partial charge on any atom is -0.467 e. The van der Waals surface area contributed by atoms with E-state index in [1.54, 1.807) is 18.2 Å². The first-order valence-electron chi connectivity index (χ1n) is 8.73. The van der Waals surface area contributed by atoms with Crippen LogP contribution < -0.4 is 0 Å². The third kappa shape index (κ3) is 2.68. The number of aromatic nitrogens is 1. The van der Waals surface area contributed by atoms with E-state index in [0.717, 1.165) is 22.2 Å². The second-order valence-electron chi connectivity index (χ2n) is 6.66. The standard InChI is InChI=1S/C21H19FN2O3/c1-12(25)24-18(21(26)27-2)11-15-13-7-4-6-10-17(13)23-19(15)20(24)14-8-3-5-9-16(14)22/h3-10,18,20,23H,11H2,1-2H3/t18-,20-/m0/s1. The Morgan fingerprint density at radius 2 is 1.85 bits per heavy atom. The summed E-state index contributed by atoms with van der Waals surface area (Å²) < 4.78 is 19.7. The van der Waals surface area contributed by atoms with E-state index in [2.05, 4.69) is 4.98 Å². The van der Waals surface area contributed by atoms with Gasteiger partial charge >= 0.3 is 5.97 Å². The van der Waals surface area contributed by atoms with Gasteiger partial charge in [-0.2, -0.15) is 0 Å². The maximum Gasteiger partial charge on any atom is 0.328 e. The number of carbonyl (C=O) groups excluding carboxylic acids is 2. The molecule has 1 aromatic heterocycles. The minimum atomic E-state index is -0.816. The highest BCUT2D eigenvalue weighted by Gasteiger charge is 2.43. The van der Waals surface area contributed by atoms with Crippen molar-refractivity contribution < 1.29 is 18.7 Å². The van der Waals surface area contributed by atoms with E-state index in [9.17, 15) is 14.0 Å². The summed E-state index contributed by atoms with van der Waals surface area (Å²) in [5, 5.41) is 0.964. The number of esters is 1. The Morgan fingerprint density at radius 3 is 2.56 bits per heavy atom. The molecule has 2 atom stereocenters. The van der Waals surface area contributed by atoms with Crippen LogP contribution in [0.2, 0.25) is 0 Å². The van der Waals surface area contributed by atoms with Gasteiger partial charge < -0.3 is 14.6 Å². The summed E-state index contributed by atoms with van der Waals surface area (Å²) in [7, 11) is 1.30. The lowest BCUT2D eigenvalue weighted by Gasteiger charge is -2.40. The molecule has 2 heterocycles. The highest BCUT2D eigenvalue weighted by Crippen LogP contribution is 2.41. The summed E-state index contributed by atoms with van der Waals surface area (Å²) in [5.41, 5.74) is 2.87. The predicted octanol–water partition coefficient (Wildman–Crippen LogP) is 3.34.